The lowest BCUT2D eigenvalue weighted by atomic mass is 10.0. The van der Waals surface area contributed by atoms with Crippen LogP contribution in [0.1, 0.15) is 18.9 Å². The minimum Gasteiger partial charge on any atom is -0.493 e. The molecule has 114 valence electrons. The Labute approximate surface area is 124 Å². The molecular formula is C16H21NO4. The summed E-state index contributed by atoms with van der Waals surface area (Å²) in [5.74, 6) is 0.494. The van der Waals surface area contributed by atoms with Crippen LogP contribution in [0.25, 0.3) is 6.08 Å². The molecule has 5 heteroatoms. The average molecular weight is 291 g/mol. The molecule has 0 aromatic heterocycles. The summed E-state index contributed by atoms with van der Waals surface area (Å²) < 4.78 is 10.6. The number of carbonyl (C=O) groups is 1. The number of para-hydroxylation sites is 1. The summed E-state index contributed by atoms with van der Waals surface area (Å²) in [7, 11) is 0. The van der Waals surface area contributed by atoms with Crippen LogP contribution >= 0.6 is 0 Å². The molecule has 1 aliphatic rings. The second-order valence-corrected chi connectivity index (χ2v) is 5.05. The van der Waals surface area contributed by atoms with Gasteiger partial charge in [0.15, 0.2) is 0 Å². The van der Waals surface area contributed by atoms with Gasteiger partial charge in [-0.1, -0.05) is 18.2 Å². The number of hydrogen-bond donors (Lipinski definition) is 2. The molecule has 0 aliphatic carbocycles. The first-order valence-corrected chi connectivity index (χ1v) is 7.11. The van der Waals surface area contributed by atoms with Crippen LogP contribution in [-0.4, -0.2) is 43.0 Å². The van der Waals surface area contributed by atoms with E-state index in [4.69, 9.17) is 9.47 Å². The minimum absolute atomic E-state index is 0.198. The Hall–Kier alpha value is -1.85. The highest BCUT2D eigenvalue weighted by atomic mass is 16.5. The smallest absolute Gasteiger partial charge is 0.244 e. The van der Waals surface area contributed by atoms with Crippen molar-refractivity contribution >= 4 is 12.0 Å². The van der Waals surface area contributed by atoms with Gasteiger partial charge in [-0.05, 0) is 19.1 Å². The molecule has 1 aliphatic heterocycles. The van der Waals surface area contributed by atoms with E-state index in [1.165, 1.54) is 6.08 Å². The zero-order chi connectivity index (χ0) is 15.1. The fraction of sp³-hybridized carbons (Fsp3) is 0.438. The van der Waals surface area contributed by atoms with Crippen molar-refractivity contribution in [1.82, 2.24) is 5.32 Å². The fourth-order valence-corrected chi connectivity index (χ4v) is 2.12. The van der Waals surface area contributed by atoms with E-state index in [1.807, 2.05) is 31.2 Å². The van der Waals surface area contributed by atoms with Gasteiger partial charge in [0.05, 0.1) is 13.2 Å². The topological polar surface area (TPSA) is 67.8 Å². The summed E-state index contributed by atoms with van der Waals surface area (Å²) in [6.07, 6.45) is 3.69. The summed E-state index contributed by atoms with van der Waals surface area (Å²) in [5.41, 5.74) is -0.0929. The third kappa shape index (κ3) is 4.58. The molecular weight excluding hydrogens is 270 g/mol. The van der Waals surface area contributed by atoms with Crippen LogP contribution < -0.4 is 10.1 Å². The molecule has 0 radical (unpaired) electrons. The van der Waals surface area contributed by atoms with Crippen molar-refractivity contribution in [3.05, 3.63) is 35.9 Å². The van der Waals surface area contributed by atoms with Crippen molar-refractivity contribution in [2.45, 2.75) is 18.9 Å². The number of aliphatic hydroxyl groups is 1. The number of benzene rings is 1. The minimum atomic E-state index is -0.938. The van der Waals surface area contributed by atoms with Gasteiger partial charge in [-0.25, -0.2) is 0 Å². The summed E-state index contributed by atoms with van der Waals surface area (Å²) in [4.78, 5) is 11.8. The van der Waals surface area contributed by atoms with Gasteiger partial charge in [-0.3, -0.25) is 4.79 Å². The van der Waals surface area contributed by atoms with Gasteiger partial charge in [0.1, 0.15) is 11.4 Å². The van der Waals surface area contributed by atoms with E-state index in [2.05, 4.69) is 5.32 Å². The van der Waals surface area contributed by atoms with Gasteiger partial charge in [0.25, 0.3) is 0 Å². The van der Waals surface area contributed by atoms with Crippen LogP contribution in [0, 0.1) is 0 Å². The zero-order valence-corrected chi connectivity index (χ0v) is 12.2. The van der Waals surface area contributed by atoms with Crippen LogP contribution in [0.3, 0.4) is 0 Å². The van der Waals surface area contributed by atoms with Gasteiger partial charge < -0.3 is 19.9 Å². The molecule has 5 nitrogen and oxygen atoms in total. The Morgan fingerprint density at radius 2 is 2.33 bits per heavy atom. The average Bonchev–Trinajstić information content (AvgIpc) is 2.92. The molecule has 1 aromatic rings. The van der Waals surface area contributed by atoms with Crippen LogP contribution in [0.15, 0.2) is 30.3 Å². The lowest BCUT2D eigenvalue weighted by Gasteiger charge is -2.19. The van der Waals surface area contributed by atoms with E-state index in [9.17, 15) is 9.90 Å². The normalized spacial score (nSPS) is 21.6. The maximum Gasteiger partial charge on any atom is 0.244 e. The molecule has 1 saturated heterocycles. The zero-order valence-electron chi connectivity index (χ0n) is 12.2. The highest BCUT2D eigenvalue weighted by Crippen LogP contribution is 2.19. The van der Waals surface area contributed by atoms with E-state index in [-0.39, 0.29) is 19.1 Å². The first-order valence-electron chi connectivity index (χ1n) is 7.11. The summed E-state index contributed by atoms with van der Waals surface area (Å²) in [6.45, 7) is 3.49. The van der Waals surface area contributed by atoms with Gasteiger partial charge >= 0.3 is 0 Å². The van der Waals surface area contributed by atoms with E-state index >= 15 is 0 Å². The molecule has 1 unspecified atom stereocenters. The highest BCUT2D eigenvalue weighted by Gasteiger charge is 2.32. The lowest BCUT2D eigenvalue weighted by molar-refractivity contribution is -0.117. The number of rotatable bonds is 6. The molecule has 0 saturated carbocycles. The Morgan fingerprint density at radius 1 is 1.52 bits per heavy atom. The van der Waals surface area contributed by atoms with Crippen molar-refractivity contribution in [2.75, 3.05) is 26.4 Å². The largest absolute Gasteiger partial charge is 0.493 e. The monoisotopic (exact) mass is 291 g/mol. The summed E-state index contributed by atoms with van der Waals surface area (Å²) in [6, 6.07) is 7.52. The Bertz CT molecular complexity index is 507. The van der Waals surface area contributed by atoms with Gasteiger partial charge in [-0.15, -0.1) is 0 Å². The summed E-state index contributed by atoms with van der Waals surface area (Å²) >= 11 is 0. The van der Waals surface area contributed by atoms with Gasteiger partial charge in [0, 0.05) is 31.2 Å². The molecule has 1 aromatic carbocycles. The number of nitrogens with one attached hydrogen (secondary N) is 1. The molecule has 1 heterocycles. The van der Waals surface area contributed by atoms with Crippen LogP contribution in [0.5, 0.6) is 5.75 Å². The predicted molar refractivity (Wildman–Crippen MR) is 80.0 cm³/mol. The van der Waals surface area contributed by atoms with Crippen molar-refractivity contribution in [2.24, 2.45) is 0 Å². The molecule has 0 spiro atoms. The van der Waals surface area contributed by atoms with E-state index in [1.54, 1.807) is 6.08 Å². The van der Waals surface area contributed by atoms with Crippen LogP contribution in [-0.2, 0) is 9.53 Å². The first kappa shape index (κ1) is 15.5. The SMILES string of the molecule is CCOc1ccccc1/C=C/C(=O)NCC1(O)CCOC1. The number of carbonyl (C=O) groups excluding carboxylic acids is 1. The summed E-state index contributed by atoms with van der Waals surface area (Å²) in [5, 5.41) is 12.7. The fourth-order valence-electron chi connectivity index (χ4n) is 2.12. The van der Waals surface area contributed by atoms with Crippen LogP contribution in [0.2, 0.25) is 0 Å². The standard InChI is InChI=1S/C16H21NO4/c1-2-21-14-6-4-3-5-13(14)7-8-15(18)17-11-16(19)9-10-20-12-16/h3-8,19H,2,9-12H2,1H3,(H,17,18)/b8-7+. The Morgan fingerprint density at radius 3 is 3.05 bits per heavy atom. The lowest BCUT2D eigenvalue weighted by Crippen LogP contribution is -2.42. The molecule has 0 bridgehead atoms. The van der Waals surface area contributed by atoms with Gasteiger partial charge in [0.2, 0.25) is 5.91 Å². The highest BCUT2D eigenvalue weighted by molar-refractivity contribution is 5.92. The van der Waals surface area contributed by atoms with Crippen molar-refractivity contribution in [1.29, 1.82) is 0 Å². The molecule has 2 rings (SSSR count). The van der Waals surface area contributed by atoms with Crippen molar-refractivity contribution < 1.29 is 19.4 Å². The van der Waals surface area contributed by atoms with E-state index in [0.717, 1.165) is 11.3 Å². The maximum atomic E-state index is 11.8. The molecule has 1 amide bonds. The quantitative estimate of drug-likeness (QED) is 0.777. The van der Waals surface area contributed by atoms with Crippen molar-refractivity contribution in [3.8, 4) is 5.75 Å². The van der Waals surface area contributed by atoms with Crippen LogP contribution in [0.4, 0.5) is 0 Å². The predicted octanol–water partition coefficient (Wildman–Crippen LogP) is 1.37. The Balaban J connectivity index is 1.90. The molecule has 2 N–H and O–H groups in total. The Kier molecular flexibility index (Phi) is 5.36. The third-order valence-corrected chi connectivity index (χ3v) is 3.31. The molecule has 1 fully saturated rings. The van der Waals surface area contributed by atoms with E-state index < -0.39 is 5.60 Å². The molecule has 21 heavy (non-hydrogen) atoms. The third-order valence-electron chi connectivity index (χ3n) is 3.31. The van der Waals surface area contributed by atoms with E-state index in [0.29, 0.717) is 19.6 Å². The number of amides is 1. The molecule has 1 atom stereocenters. The second kappa shape index (κ2) is 7.24. The van der Waals surface area contributed by atoms with Gasteiger partial charge in [-0.2, -0.15) is 0 Å². The number of ether oxygens (including phenoxy) is 2. The van der Waals surface area contributed by atoms with Crippen molar-refractivity contribution in [3.63, 3.8) is 0 Å². The maximum absolute atomic E-state index is 11.8. The first-order chi connectivity index (χ1) is 10.1. The second-order valence-electron chi connectivity index (χ2n) is 5.05. The number of hydrogen-bond acceptors (Lipinski definition) is 4.